The molecule has 0 unspecified atom stereocenters. The van der Waals surface area contributed by atoms with Crippen LogP contribution >= 0.6 is 0 Å². The highest BCUT2D eigenvalue weighted by molar-refractivity contribution is 6.06. The third kappa shape index (κ3) is 4.29. The summed E-state index contributed by atoms with van der Waals surface area (Å²) in [5, 5.41) is 8.32. The Kier molecular flexibility index (Phi) is 6.08. The molecule has 2 aromatic heterocycles. The SMILES string of the molecule is CCn1ncc2c(C(=O)N3CCC(NC(=O)c4ccccc4)CC3)cc(-c3ccccc3)nc21. The lowest BCUT2D eigenvalue weighted by atomic mass is 10.0. The fourth-order valence-electron chi connectivity index (χ4n) is 4.47. The van der Waals surface area contributed by atoms with E-state index in [4.69, 9.17) is 4.98 Å². The van der Waals surface area contributed by atoms with Gasteiger partial charge in [0, 0.05) is 36.8 Å². The van der Waals surface area contributed by atoms with Gasteiger partial charge in [0.1, 0.15) is 0 Å². The maximum atomic E-state index is 13.6. The van der Waals surface area contributed by atoms with Crippen LogP contribution in [-0.4, -0.2) is 50.6 Å². The van der Waals surface area contributed by atoms with Crippen molar-refractivity contribution in [3.63, 3.8) is 0 Å². The highest BCUT2D eigenvalue weighted by Crippen LogP contribution is 2.27. The largest absolute Gasteiger partial charge is 0.349 e. The van der Waals surface area contributed by atoms with Crippen molar-refractivity contribution in [2.75, 3.05) is 13.1 Å². The second-order valence-electron chi connectivity index (χ2n) is 8.52. The van der Waals surface area contributed by atoms with E-state index in [1.54, 1.807) is 6.20 Å². The number of piperidine rings is 1. The lowest BCUT2D eigenvalue weighted by molar-refractivity contribution is 0.0700. The predicted molar refractivity (Wildman–Crippen MR) is 131 cm³/mol. The summed E-state index contributed by atoms with van der Waals surface area (Å²) in [6.07, 6.45) is 3.18. The Hall–Kier alpha value is -4.00. The zero-order valence-corrected chi connectivity index (χ0v) is 19.1. The number of fused-ring (bicyclic) bond motifs is 1. The zero-order chi connectivity index (χ0) is 23.5. The van der Waals surface area contributed by atoms with Gasteiger partial charge in [0.2, 0.25) is 0 Å². The first-order valence-electron chi connectivity index (χ1n) is 11.7. The zero-order valence-electron chi connectivity index (χ0n) is 19.1. The van der Waals surface area contributed by atoms with E-state index in [9.17, 15) is 9.59 Å². The molecule has 0 saturated carbocycles. The number of pyridine rings is 1. The molecule has 2 aromatic carbocycles. The maximum Gasteiger partial charge on any atom is 0.254 e. The molecule has 1 fully saturated rings. The van der Waals surface area contributed by atoms with E-state index in [-0.39, 0.29) is 17.9 Å². The summed E-state index contributed by atoms with van der Waals surface area (Å²) in [4.78, 5) is 32.8. The molecular weight excluding hydrogens is 426 g/mol. The Morgan fingerprint density at radius 3 is 2.35 bits per heavy atom. The van der Waals surface area contributed by atoms with Crippen LogP contribution in [0.4, 0.5) is 0 Å². The van der Waals surface area contributed by atoms with Crippen LogP contribution in [0, 0.1) is 0 Å². The van der Waals surface area contributed by atoms with Gasteiger partial charge in [-0.2, -0.15) is 5.10 Å². The molecule has 4 aromatic rings. The summed E-state index contributed by atoms with van der Waals surface area (Å²) in [5.41, 5.74) is 3.72. The van der Waals surface area contributed by atoms with Crippen molar-refractivity contribution in [1.82, 2.24) is 25.0 Å². The second-order valence-corrected chi connectivity index (χ2v) is 8.52. The van der Waals surface area contributed by atoms with E-state index < -0.39 is 0 Å². The Bertz CT molecular complexity index is 1310. The normalized spacial score (nSPS) is 14.3. The topological polar surface area (TPSA) is 80.1 Å². The number of amides is 2. The monoisotopic (exact) mass is 453 g/mol. The van der Waals surface area contributed by atoms with Crippen molar-refractivity contribution in [3.05, 3.63) is 84.1 Å². The minimum absolute atomic E-state index is 0.0203. The number of hydrogen-bond donors (Lipinski definition) is 1. The summed E-state index contributed by atoms with van der Waals surface area (Å²) in [6, 6.07) is 21.0. The van der Waals surface area contributed by atoms with Crippen LogP contribution in [0.2, 0.25) is 0 Å². The van der Waals surface area contributed by atoms with Gasteiger partial charge < -0.3 is 10.2 Å². The minimum atomic E-state index is -0.0688. The fraction of sp³-hybridized carbons (Fsp3) is 0.259. The molecule has 34 heavy (non-hydrogen) atoms. The first-order valence-corrected chi connectivity index (χ1v) is 11.7. The molecule has 2 amide bonds. The molecule has 1 aliphatic rings. The lowest BCUT2D eigenvalue weighted by Crippen LogP contribution is -2.46. The van der Waals surface area contributed by atoms with Crippen LogP contribution in [0.25, 0.3) is 22.3 Å². The molecule has 1 saturated heterocycles. The summed E-state index contributed by atoms with van der Waals surface area (Å²) < 4.78 is 1.82. The highest BCUT2D eigenvalue weighted by atomic mass is 16.2. The number of benzene rings is 2. The highest BCUT2D eigenvalue weighted by Gasteiger charge is 2.27. The molecule has 0 aliphatic carbocycles. The summed E-state index contributed by atoms with van der Waals surface area (Å²) >= 11 is 0. The third-order valence-electron chi connectivity index (χ3n) is 6.36. The maximum absolute atomic E-state index is 13.6. The Labute approximate surface area is 198 Å². The van der Waals surface area contributed by atoms with Gasteiger partial charge in [-0.1, -0.05) is 48.5 Å². The quantitative estimate of drug-likeness (QED) is 0.492. The minimum Gasteiger partial charge on any atom is -0.349 e. The number of aryl methyl sites for hydroxylation is 1. The summed E-state index contributed by atoms with van der Waals surface area (Å²) in [7, 11) is 0. The molecule has 0 bridgehead atoms. The van der Waals surface area contributed by atoms with Crippen LogP contribution in [0.5, 0.6) is 0 Å². The van der Waals surface area contributed by atoms with Gasteiger partial charge in [0.15, 0.2) is 5.65 Å². The number of likely N-dealkylation sites (tertiary alicyclic amines) is 1. The van der Waals surface area contributed by atoms with E-state index in [0.717, 1.165) is 35.1 Å². The number of aromatic nitrogens is 3. The molecule has 5 rings (SSSR count). The molecule has 1 N–H and O–H groups in total. The van der Waals surface area contributed by atoms with E-state index in [1.807, 2.05) is 83.2 Å². The first kappa shape index (κ1) is 21.8. The fourth-order valence-corrected chi connectivity index (χ4v) is 4.47. The van der Waals surface area contributed by atoms with Crippen molar-refractivity contribution in [1.29, 1.82) is 0 Å². The number of nitrogens with one attached hydrogen (secondary N) is 1. The number of carbonyl (C=O) groups is 2. The average molecular weight is 454 g/mol. The van der Waals surface area contributed by atoms with Gasteiger partial charge in [-0.15, -0.1) is 0 Å². The van der Waals surface area contributed by atoms with Gasteiger partial charge in [0.05, 0.1) is 22.8 Å². The van der Waals surface area contributed by atoms with E-state index >= 15 is 0 Å². The molecule has 0 atom stereocenters. The number of carbonyl (C=O) groups excluding carboxylic acids is 2. The number of nitrogens with zero attached hydrogens (tertiary/aromatic N) is 4. The van der Waals surface area contributed by atoms with Crippen molar-refractivity contribution in [3.8, 4) is 11.3 Å². The molecule has 7 heteroatoms. The van der Waals surface area contributed by atoms with Crippen LogP contribution in [-0.2, 0) is 6.54 Å². The van der Waals surface area contributed by atoms with Crippen molar-refractivity contribution < 1.29 is 9.59 Å². The molecule has 3 heterocycles. The van der Waals surface area contributed by atoms with Crippen LogP contribution in [0.3, 0.4) is 0 Å². The molecule has 1 aliphatic heterocycles. The number of rotatable bonds is 5. The van der Waals surface area contributed by atoms with Gasteiger partial charge >= 0.3 is 0 Å². The standard InChI is InChI=1S/C27H27N5O2/c1-2-32-25-23(18-28-32)22(17-24(30-25)19-9-5-3-6-10-19)27(34)31-15-13-21(14-16-31)29-26(33)20-11-7-4-8-12-20/h3-12,17-18,21H,2,13-16H2,1H3,(H,29,33). The van der Waals surface area contributed by atoms with Crippen molar-refractivity contribution in [2.45, 2.75) is 32.4 Å². The summed E-state index contributed by atoms with van der Waals surface area (Å²) in [5.74, 6) is -0.0891. The lowest BCUT2D eigenvalue weighted by Gasteiger charge is -2.32. The van der Waals surface area contributed by atoms with Gasteiger partial charge in [-0.05, 0) is 38.0 Å². The van der Waals surface area contributed by atoms with Crippen LogP contribution < -0.4 is 5.32 Å². The van der Waals surface area contributed by atoms with Crippen LogP contribution in [0.15, 0.2) is 72.9 Å². The smallest absolute Gasteiger partial charge is 0.254 e. The van der Waals surface area contributed by atoms with Crippen molar-refractivity contribution in [2.24, 2.45) is 0 Å². The van der Waals surface area contributed by atoms with E-state index in [1.165, 1.54) is 0 Å². The van der Waals surface area contributed by atoms with Gasteiger partial charge in [-0.3, -0.25) is 9.59 Å². The second kappa shape index (κ2) is 9.47. The Balaban J connectivity index is 1.35. The summed E-state index contributed by atoms with van der Waals surface area (Å²) in [6.45, 7) is 3.87. The van der Waals surface area contributed by atoms with Crippen LogP contribution in [0.1, 0.15) is 40.5 Å². The first-order chi connectivity index (χ1) is 16.6. The van der Waals surface area contributed by atoms with Gasteiger partial charge in [-0.25, -0.2) is 9.67 Å². The molecule has 7 nitrogen and oxygen atoms in total. The third-order valence-corrected chi connectivity index (χ3v) is 6.36. The van der Waals surface area contributed by atoms with E-state index in [2.05, 4.69) is 10.4 Å². The molecule has 0 radical (unpaired) electrons. The number of hydrogen-bond acceptors (Lipinski definition) is 4. The molecular formula is C27H27N5O2. The van der Waals surface area contributed by atoms with E-state index in [0.29, 0.717) is 30.8 Å². The Morgan fingerprint density at radius 2 is 1.68 bits per heavy atom. The Morgan fingerprint density at radius 1 is 1.00 bits per heavy atom. The predicted octanol–water partition coefficient (Wildman–Crippen LogP) is 4.15. The van der Waals surface area contributed by atoms with Gasteiger partial charge in [0.25, 0.3) is 11.8 Å². The average Bonchev–Trinajstić information content (AvgIpc) is 3.32. The molecule has 172 valence electrons. The molecule has 0 spiro atoms. The van der Waals surface area contributed by atoms with Crippen molar-refractivity contribution >= 4 is 22.8 Å².